The van der Waals surface area contributed by atoms with Gasteiger partial charge in [-0.15, -0.1) is 11.8 Å². The lowest BCUT2D eigenvalue weighted by molar-refractivity contribution is 0.452. The fraction of sp³-hybridized carbons (Fsp3) is 0.100. The van der Waals surface area contributed by atoms with Gasteiger partial charge in [-0.1, -0.05) is 12.1 Å². The number of nitrogens with one attached hydrogen (secondary N) is 1. The molecule has 0 radical (unpaired) electrons. The molecule has 72 valence electrons. The van der Waals surface area contributed by atoms with Crippen LogP contribution in [0.1, 0.15) is 0 Å². The Morgan fingerprint density at radius 3 is 2.50 bits per heavy atom. The molecule has 0 bridgehead atoms. The quantitative estimate of drug-likeness (QED) is 0.742. The number of nitrogens with zero attached hydrogens (tertiary/aromatic N) is 1. The molecule has 0 saturated heterocycles. The van der Waals surface area contributed by atoms with Crippen LogP contribution < -0.4 is 0 Å². The number of aromatic amines is 1. The number of hydrogen-bond donors (Lipinski definition) is 2. The van der Waals surface area contributed by atoms with E-state index in [0.29, 0.717) is 0 Å². The molecule has 0 amide bonds. The van der Waals surface area contributed by atoms with Crippen molar-refractivity contribution in [1.29, 1.82) is 0 Å². The number of H-pyrrole nitrogens is 1. The fourth-order valence-corrected chi connectivity index (χ4v) is 1.63. The summed E-state index contributed by atoms with van der Waals surface area (Å²) in [7, 11) is 0. The lowest BCUT2D eigenvalue weighted by atomic mass is 10.2. The Hall–Kier alpha value is -1.42. The van der Waals surface area contributed by atoms with E-state index in [1.807, 2.05) is 30.5 Å². The van der Waals surface area contributed by atoms with Gasteiger partial charge < -0.3 is 5.11 Å². The Morgan fingerprint density at radius 1 is 1.29 bits per heavy atom. The molecule has 0 unspecified atom stereocenters. The summed E-state index contributed by atoms with van der Waals surface area (Å²) < 4.78 is 0. The van der Waals surface area contributed by atoms with Crippen LogP contribution in [0.2, 0.25) is 0 Å². The van der Waals surface area contributed by atoms with Crippen molar-refractivity contribution in [3.8, 4) is 17.1 Å². The third kappa shape index (κ3) is 1.75. The minimum Gasteiger partial charge on any atom is -0.494 e. The standard InChI is InChI=1S/C10H10N2OS/c1-14-8-4-2-7(3-5-8)9-6-10(13)12-11-9/h2-6H,1H3,(H2,11,12,13). The smallest absolute Gasteiger partial charge is 0.207 e. The van der Waals surface area contributed by atoms with Gasteiger partial charge in [-0.05, 0) is 18.4 Å². The summed E-state index contributed by atoms with van der Waals surface area (Å²) in [6, 6.07) is 9.65. The topological polar surface area (TPSA) is 48.9 Å². The Morgan fingerprint density at radius 2 is 2.00 bits per heavy atom. The van der Waals surface area contributed by atoms with Gasteiger partial charge in [0.1, 0.15) is 0 Å². The summed E-state index contributed by atoms with van der Waals surface area (Å²) >= 11 is 1.70. The Balaban J connectivity index is 2.33. The predicted octanol–water partition coefficient (Wildman–Crippen LogP) is 2.50. The van der Waals surface area contributed by atoms with Gasteiger partial charge in [0.25, 0.3) is 0 Å². The third-order valence-corrected chi connectivity index (χ3v) is 2.69. The molecule has 0 aliphatic heterocycles. The number of hydrogen-bond acceptors (Lipinski definition) is 3. The molecule has 1 aromatic carbocycles. The second kappa shape index (κ2) is 3.75. The summed E-state index contributed by atoms with van der Waals surface area (Å²) in [5.74, 6) is 0.0916. The zero-order chi connectivity index (χ0) is 9.97. The number of aromatic nitrogens is 2. The van der Waals surface area contributed by atoms with E-state index >= 15 is 0 Å². The van der Waals surface area contributed by atoms with E-state index in [-0.39, 0.29) is 5.88 Å². The highest BCUT2D eigenvalue weighted by molar-refractivity contribution is 7.98. The summed E-state index contributed by atoms with van der Waals surface area (Å²) in [4.78, 5) is 1.22. The van der Waals surface area contributed by atoms with Gasteiger partial charge in [-0.3, -0.25) is 0 Å². The number of benzene rings is 1. The van der Waals surface area contributed by atoms with Crippen molar-refractivity contribution in [2.45, 2.75) is 4.90 Å². The molecule has 2 N–H and O–H groups in total. The van der Waals surface area contributed by atoms with Crippen molar-refractivity contribution >= 4 is 11.8 Å². The Labute approximate surface area is 86.2 Å². The molecule has 1 heterocycles. The SMILES string of the molecule is CSc1ccc(-c2cc(O)[nH]n2)cc1. The maximum absolute atomic E-state index is 9.09. The van der Waals surface area contributed by atoms with Gasteiger partial charge in [-0.25, -0.2) is 5.10 Å². The highest BCUT2D eigenvalue weighted by Crippen LogP contribution is 2.23. The second-order valence-electron chi connectivity index (χ2n) is 2.87. The highest BCUT2D eigenvalue weighted by atomic mass is 32.2. The summed E-state index contributed by atoms with van der Waals surface area (Å²) in [5, 5.41) is 15.5. The van der Waals surface area contributed by atoms with Crippen molar-refractivity contribution < 1.29 is 5.11 Å². The zero-order valence-corrected chi connectivity index (χ0v) is 8.51. The molecular weight excluding hydrogens is 196 g/mol. The number of thioether (sulfide) groups is 1. The van der Waals surface area contributed by atoms with Crippen molar-refractivity contribution in [3.05, 3.63) is 30.3 Å². The Bertz CT molecular complexity index is 422. The lowest BCUT2D eigenvalue weighted by Crippen LogP contribution is -1.77. The summed E-state index contributed by atoms with van der Waals surface area (Å²) in [6.07, 6.45) is 2.04. The normalized spacial score (nSPS) is 10.4. The first-order chi connectivity index (χ1) is 6.79. The van der Waals surface area contributed by atoms with E-state index in [1.54, 1.807) is 17.8 Å². The van der Waals surface area contributed by atoms with Crippen molar-refractivity contribution in [1.82, 2.24) is 10.2 Å². The molecule has 0 atom stereocenters. The van der Waals surface area contributed by atoms with Crippen LogP contribution in [0.4, 0.5) is 0 Å². The molecule has 0 spiro atoms. The monoisotopic (exact) mass is 206 g/mol. The van der Waals surface area contributed by atoms with Crippen LogP contribution in [0.3, 0.4) is 0 Å². The maximum Gasteiger partial charge on any atom is 0.207 e. The highest BCUT2D eigenvalue weighted by Gasteiger charge is 2.02. The molecule has 0 saturated carbocycles. The molecule has 0 aliphatic rings. The Kier molecular flexibility index (Phi) is 2.45. The molecule has 0 aliphatic carbocycles. The third-order valence-electron chi connectivity index (χ3n) is 1.95. The molecule has 2 rings (SSSR count). The summed E-state index contributed by atoms with van der Waals surface area (Å²) in [5.41, 5.74) is 1.76. The van der Waals surface area contributed by atoms with E-state index < -0.39 is 0 Å². The average Bonchev–Trinajstić information content (AvgIpc) is 2.65. The van der Waals surface area contributed by atoms with E-state index in [1.165, 1.54) is 4.90 Å². The first-order valence-corrected chi connectivity index (χ1v) is 5.41. The molecule has 2 aromatic rings. The molecule has 1 aromatic heterocycles. The fourth-order valence-electron chi connectivity index (χ4n) is 1.22. The number of rotatable bonds is 2. The largest absolute Gasteiger partial charge is 0.494 e. The number of aromatic hydroxyl groups is 1. The zero-order valence-electron chi connectivity index (χ0n) is 7.69. The molecule has 3 nitrogen and oxygen atoms in total. The van der Waals surface area contributed by atoms with Crippen LogP contribution >= 0.6 is 11.8 Å². The minimum atomic E-state index is 0.0916. The summed E-state index contributed by atoms with van der Waals surface area (Å²) in [6.45, 7) is 0. The van der Waals surface area contributed by atoms with Crippen LogP contribution in [0.15, 0.2) is 35.2 Å². The van der Waals surface area contributed by atoms with E-state index in [0.717, 1.165) is 11.3 Å². The van der Waals surface area contributed by atoms with Gasteiger partial charge >= 0.3 is 0 Å². The van der Waals surface area contributed by atoms with Crippen molar-refractivity contribution in [2.75, 3.05) is 6.26 Å². The van der Waals surface area contributed by atoms with E-state index in [2.05, 4.69) is 10.2 Å². The van der Waals surface area contributed by atoms with Crippen molar-refractivity contribution in [3.63, 3.8) is 0 Å². The minimum absolute atomic E-state index is 0.0916. The van der Waals surface area contributed by atoms with Crippen LogP contribution in [0.25, 0.3) is 11.3 Å². The van der Waals surface area contributed by atoms with E-state index in [9.17, 15) is 0 Å². The molecular formula is C10H10N2OS. The van der Waals surface area contributed by atoms with Crippen LogP contribution in [0, 0.1) is 0 Å². The predicted molar refractivity (Wildman–Crippen MR) is 57.5 cm³/mol. The second-order valence-corrected chi connectivity index (χ2v) is 3.75. The van der Waals surface area contributed by atoms with Gasteiger partial charge in [0, 0.05) is 16.5 Å². The molecule has 0 fully saturated rings. The van der Waals surface area contributed by atoms with Gasteiger partial charge in [0.15, 0.2) is 0 Å². The van der Waals surface area contributed by atoms with Gasteiger partial charge in [-0.2, -0.15) is 5.10 Å². The first kappa shape index (κ1) is 9.15. The average molecular weight is 206 g/mol. The first-order valence-electron chi connectivity index (χ1n) is 4.18. The maximum atomic E-state index is 9.09. The van der Waals surface area contributed by atoms with Crippen LogP contribution in [-0.2, 0) is 0 Å². The van der Waals surface area contributed by atoms with Crippen LogP contribution in [-0.4, -0.2) is 21.6 Å². The molecule has 14 heavy (non-hydrogen) atoms. The van der Waals surface area contributed by atoms with Gasteiger partial charge in [0.2, 0.25) is 5.88 Å². The van der Waals surface area contributed by atoms with E-state index in [4.69, 9.17) is 5.11 Å². The van der Waals surface area contributed by atoms with Gasteiger partial charge in [0.05, 0.1) is 5.69 Å². The van der Waals surface area contributed by atoms with Crippen LogP contribution in [0.5, 0.6) is 5.88 Å². The molecule has 4 heteroatoms. The lowest BCUT2D eigenvalue weighted by Gasteiger charge is -1.97. The van der Waals surface area contributed by atoms with Crippen molar-refractivity contribution in [2.24, 2.45) is 0 Å².